The molecule has 0 spiro atoms. The number of fused-ring (bicyclic) bond motifs is 1. The van der Waals surface area contributed by atoms with Gasteiger partial charge in [-0.1, -0.05) is 6.92 Å². The van der Waals surface area contributed by atoms with Crippen LogP contribution in [0.25, 0.3) is 0 Å². The molecule has 0 unspecified atom stereocenters. The second kappa shape index (κ2) is 6.65. The highest BCUT2D eigenvalue weighted by Crippen LogP contribution is 2.23. The van der Waals surface area contributed by atoms with E-state index in [-0.39, 0.29) is 12.4 Å². The second-order valence-electron chi connectivity index (χ2n) is 4.85. The smallest absolute Gasteiger partial charge is 0.330 e. The molecule has 0 fully saturated rings. The molecular formula is C13H17F4N3O. The number of ether oxygens (including phenoxy) is 1. The predicted molar refractivity (Wildman–Crippen MR) is 67.4 cm³/mol. The Kier molecular flexibility index (Phi) is 5.10. The third kappa shape index (κ3) is 3.88. The van der Waals surface area contributed by atoms with Crippen LogP contribution < -0.4 is 5.32 Å². The average molecular weight is 307 g/mol. The molecule has 0 radical (unpaired) electrons. The Morgan fingerprint density at radius 2 is 2.10 bits per heavy atom. The van der Waals surface area contributed by atoms with Crippen molar-refractivity contribution in [3.63, 3.8) is 0 Å². The second-order valence-corrected chi connectivity index (χ2v) is 4.85. The molecule has 4 nitrogen and oxygen atoms in total. The molecule has 2 heterocycles. The highest BCUT2D eigenvalue weighted by Gasteiger charge is 2.41. The van der Waals surface area contributed by atoms with Gasteiger partial charge >= 0.3 is 12.3 Å². The molecule has 8 heteroatoms. The van der Waals surface area contributed by atoms with Crippen LogP contribution in [0.3, 0.4) is 0 Å². The maximum atomic E-state index is 12.7. The highest BCUT2D eigenvalue weighted by molar-refractivity contribution is 5.28. The summed E-state index contributed by atoms with van der Waals surface area (Å²) < 4.78 is 54.2. The van der Waals surface area contributed by atoms with Crippen LogP contribution >= 0.6 is 0 Å². The SMILES string of the molecule is CCc1nc(COCC(F)(F)C(F)F)nc2c1CNCC2. The number of halogens is 4. The van der Waals surface area contributed by atoms with Crippen molar-refractivity contribution in [2.24, 2.45) is 0 Å². The van der Waals surface area contributed by atoms with Crippen LogP contribution in [0.4, 0.5) is 17.6 Å². The summed E-state index contributed by atoms with van der Waals surface area (Å²) in [5.41, 5.74) is 2.75. The minimum absolute atomic E-state index is 0.262. The van der Waals surface area contributed by atoms with Gasteiger partial charge in [0.2, 0.25) is 0 Å². The number of nitrogens with zero attached hydrogens (tertiary/aromatic N) is 2. The normalized spacial score (nSPS) is 15.3. The topological polar surface area (TPSA) is 47.0 Å². The van der Waals surface area contributed by atoms with Gasteiger partial charge in [-0.2, -0.15) is 8.78 Å². The Morgan fingerprint density at radius 1 is 1.33 bits per heavy atom. The quantitative estimate of drug-likeness (QED) is 0.818. The Bertz CT molecular complexity index is 479. The van der Waals surface area contributed by atoms with Gasteiger partial charge in [-0.15, -0.1) is 0 Å². The van der Waals surface area contributed by atoms with Crippen molar-refractivity contribution >= 4 is 0 Å². The van der Waals surface area contributed by atoms with E-state index in [1.54, 1.807) is 0 Å². The summed E-state index contributed by atoms with van der Waals surface area (Å²) in [6, 6.07) is 0. The summed E-state index contributed by atoms with van der Waals surface area (Å²) in [6.45, 7) is 1.77. The van der Waals surface area contributed by atoms with E-state index in [0.717, 1.165) is 29.9 Å². The molecule has 1 aliphatic rings. The van der Waals surface area contributed by atoms with Crippen molar-refractivity contribution in [3.8, 4) is 0 Å². The first kappa shape index (κ1) is 16.1. The third-order valence-corrected chi connectivity index (χ3v) is 3.24. The summed E-state index contributed by atoms with van der Waals surface area (Å²) in [6.07, 6.45) is -2.32. The van der Waals surface area contributed by atoms with Gasteiger partial charge in [0.05, 0.1) is 5.69 Å². The molecule has 21 heavy (non-hydrogen) atoms. The van der Waals surface area contributed by atoms with Crippen LogP contribution in [-0.2, 0) is 30.7 Å². The molecule has 1 N–H and O–H groups in total. The van der Waals surface area contributed by atoms with E-state index >= 15 is 0 Å². The number of aryl methyl sites for hydroxylation is 1. The minimum atomic E-state index is -4.15. The van der Waals surface area contributed by atoms with Gasteiger partial charge in [0, 0.05) is 30.8 Å². The predicted octanol–water partition coefficient (Wildman–Crippen LogP) is 2.10. The number of nitrogens with one attached hydrogen (secondary N) is 1. The molecule has 0 aliphatic carbocycles. The zero-order valence-electron chi connectivity index (χ0n) is 11.6. The molecule has 1 aromatic heterocycles. The van der Waals surface area contributed by atoms with Gasteiger partial charge < -0.3 is 10.1 Å². The van der Waals surface area contributed by atoms with Gasteiger partial charge in [0.25, 0.3) is 0 Å². The zero-order valence-corrected chi connectivity index (χ0v) is 11.6. The first-order valence-corrected chi connectivity index (χ1v) is 6.76. The van der Waals surface area contributed by atoms with Gasteiger partial charge in [-0.05, 0) is 6.42 Å². The number of alkyl halides is 4. The lowest BCUT2D eigenvalue weighted by Crippen LogP contribution is -2.32. The number of hydrogen-bond donors (Lipinski definition) is 1. The molecule has 0 saturated heterocycles. The van der Waals surface area contributed by atoms with E-state index in [1.165, 1.54) is 0 Å². The van der Waals surface area contributed by atoms with E-state index in [1.807, 2.05) is 6.92 Å². The fourth-order valence-electron chi connectivity index (χ4n) is 2.17. The molecular weight excluding hydrogens is 290 g/mol. The Hall–Kier alpha value is -1.28. The molecule has 118 valence electrons. The Labute approximate surface area is 119 Å². The van der Waals surface area contributed by atoms with Crippen LogP contribution in [0, 0.1) is 0 Å². The molecule has 0 aromatic carbocycles. The highest BCUT2D eigenvalue weighted by atomic mass is 19.3. The van der Waals surface area contributed by atoms with Gasteiger partial charge in [0.15, 0.2) is 5.82 Å². The number of aromatic nitrogens is 2. The van der Waals surface area contributed by atoms with E-state index in [4.69, 9.17) is 0 Å². The Balaban J connectivity index is 2.04. The lowest BCUT2D eigenvalue weighted by Gasteiger charge is -2.20. The van der Waals surface area contributed by atoms with E-state index in [2.05, 4.69) is 20.0 Å². The molecule has 0 bridgehead atoms. The molecule has 0 amide bonds. The summed E-state index contributed by atoms with van der Waals surface area (Å²) in [5.74, 6) is -3.89. The molecule has 1 aliphatic heterocycles. The minimum Gasteiger partial charge on any atom is -0.367 e. The summed E-state index contributed by atoms with van der Waals surface area (Å²) in [5, 5.41) is 3.22. The van der Waals surface area contributed by atoms with Crippen molar-refractivity contribution in [2.45, 2.75) is 45.3 Å². The first-order chi connectivity index (χ1) is 9.94. The van der Waals surface area contributed by atoms with Crippen LogP contribution in [0.2, 0.25) is 0 Å². The fourth-order valence-corrected chi connectivity index (χ4v) is 2.17. The van der Waals surface area contributed by atoms with Crippen LogP contribution in [0.1, 0.15) is 29.7 Å². The van der Waals surface area contributed by atoms with E-state index < -0.39 is 19.0 Å². The van der Waals surface area contributed by atoms with Crippen molar-refractivity contribution in [1.82, 2.24) is 15.3 Å². The van der Waals surface area contributed by atoms with E-state index in [9.17, 15) is 17.6 Å². The Morgan fingerprint density at radius 3 is 2.76 bits per heavy atom. The monoisotopic (exact) mass is 307 g/mol. The fraction of sp³-hybridized carbons (Fsp3) is 0.692. The maximum absolute atomic E-state index is 12.7. The van der Waals surface area contributed by atoms with Crippen LogP contribution in [0.15, 0.2) is 0 Å². The molecule has 2 rings (SSSR count). The van der Waals surface area contributed by atoms with Crippen molar-refractivity contribution in [3.05, 3.63) is 22.8 Å². The molecule has 0 atom stereocenters. The summed E-state index contributed by atoms with van der Waals surface area (Å²) in [4.78, 5) is 8.54. The van der Waals surface area contributed by atoms with Gasteiger partial charge in [0.1, 0.15) is 13.2 Å². The first-order valence-electron chi connectivity index (χ1n) is 6.76. The molecule has 1 aromatic rings. The van der Waals surface area contributed by atoms with Crippen LogP contribution in [-0.4, -0.2) is 35.5 Å². The summed E-state index contributed by atoms with van der Waals surface area (Å²) >= 11 is 0. The van der Waals surface area contributed by atoms with Crippen molar-refractivity contribution in [1.29, 1.82) is 0 Å². The lowest BCUT2D eigenvalue weighted by molar-refractivity contribution is -0.168. The van der Waals surface area contributed by atoms with Gasteiger partial charge in [-0.25, -0.2) is 18.7 Å². The largest absolute Gasteiger partial charge is 0.367 e. The van der Waals surface area contributed by atoms with E-state index in [0.29, 0.717) is 13.0 Å². The average Bonchev–Trinajstić information content (AvgIpc) is 2.46. The number of rotatable bonds is 6. The third-order valence-electron chi connectivity index (χ3n) is 3.24. The van der Waals surface area contributed by atoms with Crippen molar-refractivity contribution in [2.75, 3.05) is 13.2 Å². The summed E-state index contributed by atoms with van der Waals surface area (Å²) in [7, 11) is 0. The standard InChI is InChI=1S/C13H17F4N3O/c1-2-9-8-5-18-4-3-10(8)20-11(19-9)6-21-7-13(16,17)12(14)15/h12,18H,2-7H2,1H3. The molecule has 0 saturated carbocycles. The lowest BCUT2D eigenvalue weighted by atomic mass is 10.0. The zero-order chi connectivity index (χ0) is 15.5. The maximum Gasteiger partial charge on any atom is 0.330 e. The number of hydrogen-bond acceptors (Lipinski definition) is 4. The van der Waals surface area contributed by atoms with Crippen molar-refractivity contribution < 1.29 is 22.3 Å². The van der Waals surface area contributed by atoms with Gasteiger partial charge in [-0.3, -0.25) is 0 Å². The van der Waals surface area contributed by atoms with Crippen LogP contribution in [0.5, 0.6) is 0 Å².